The molecule has 0 amide bonds. The van der Waals surface area contributed by atoms with Gasteiger partial charge in [0.2, 0.25) is 12.2 Å². The molecule has 8 unspecified atom stereocenters. The number of rotatable bonds is 13. The van der Waals surface area contributed by atoms with Gasteiger partial charge in [0.05, 0.1) is 54.0 Å². The van der Waals surface area contributed by atoms with Crippen molar-refractivity contribution in [2.75, 3.05) is 19.0 Å². The van der Waals surface area contributed by atoms with Crippen LogP contribution >= 0.6 is 0 Å². The number of methoxy groups -OCH3 is 1. The monoisotopic (exact) mass is 992 g/mol. The number of hydrogen-bond acceptors (Lipinski definition) is 17. The Morgan fingerprint density at radius 1 is 0.958 bits per heavy atom. The van der Waals surface area contributed by atoms with E-state index >= 15 is 4.79 Å². The van der Waals surface area contributed by atoms with Crippen LogP contribution in [-0.2, 0) is 30.2 Å². The number of nitrogens with zero attached hydrogens (tertiary/aromatic N) is 3. The highest BCUT2D eigenvalue weighted by Crippen LogP contribution is 2.75. The molecule has 5 aliphatic heterocycles. The maximum absolute atomic E-state index is 15.6. The Morgan fingerprint density at radius 2 is 1.69 bits per heavy atom. The number of aliphatic hydroxyl groups is 4. The minimum Gasteiger partial charge on any atom is -0.482 e. The first-order valence-corrected chi connectivity index (χ1v) is 24.7. The fourth-order valence-corrected chi connectivity index (χ4v) is 12.6. The van der Waals surface area contributed by atoms with E-state index in [0.717, 1.165) is 12.0 Å². The highest BCUT2D eigenvalue weighted by molar-refractivity contribution is 5.97. The molecular formula is C54H64N4O14. The van der Waals surface area contributed by atoms with Gasteiger partial charge in [-0.25, -0.2) is 14.3 Å². The first-order valence-electron chi connectivity index (χ1n) is 24.7. The van der Waals surface area contributed by atoms with E-state index in [1.807, 2.05) is 46.8 Å². The molecule has 3 aliphatic carbocycles. The molecular weight excluding hydrogens is 929 g/mol. The number of benzene rings is 2. The summed E-state index contributed by atoms with van der Waals surface area (Å²) in [5, 5.41) is 49.4. The number of ether oxygens (including phenoxy) is 7. The highest BCUT2D eigenvalue weighted by Gasteiger charge is 2.86. The van der Waals surface area contributed by atoms with Crippen molar-refractivity contribution >= 4 is 29.7 Å². The topological polar surface area (TPSA) is 239 Å². The van der Waals surface area contributed by atoms with Crippen LogP contribution in [0, 0.1) is 17.8 Å². The van der Waals surface area contributed by atoms with Crippen molar-refractivity contribution in [1.29, 1.82) is 0 Å². The molecule has 5 fully saturated rings. The molecule has 1 spiro atoms. The van der Waals surface area contributed by atoms with Crippen LogP contribution in [0.4, 0.5) is 5.95 Å². The predicted molar refractivity (Wildman–Crippen MR) is 259 cm³/mol. The van der Waals surface area contributed by atoms with Crippen LogP contribution in [0.3, 0.4) is 0 Å². The molecule has 72 heavy (non-hydrogen) atoms. The number of aromatic nitrogens is 3. The summed E-state index contributed by atoms with van der Waals surface area (Å²) in [5.74, 6) is -1.29. The smallest absolute Gasteiger partial charge is 0.343 e. The van der Waals surface area contributed by atoms with Crippen LogP contribution in [0.1, 0.15) is 120 Å². The molecule has 18 nitrogen and oxygen atoms in total. The van der Waals surface area contributed by atoms with Crippen LogP contribution < -0.4 is 24.3 Å². The van der Waals surface area contributed by atoms with Crippen LogP contribution in [0.2, 0.25) is 0 Å². The lowest BCUT2D eigenvalue weighted by molar-refractivity contribution is -0.277. The molecule has 3 saturated carbocycles. The van der Waals surface area contributed by atoms with Crippen molar-refractivity contribution in [2.45, 2.75) is 153 Å². The van der Waals surface area contributed by atoms with E-state index in [4.69, 9.17) is 38.3 Å². The quantitative estimate of drug-likeness (QED) is 0.0586. The Kier molecular flexibility index (Phi) is 12.4. The van der Waals surface area contributed by atoms with Gasteiger partial charge in [0.15, 0.2) is 22.7 Å². The Morgan fingerprint density at radius 3 is 2.39 bits per heavy atom. The summed E-state index contributed by atoms with van der Waals surface area (Å²) in [4.78, 5) is 48.0. The second-order valence-corrected chi connectivity index (χ2v) is 21.5. The standard InChI is InChI=1S/C54H64N4O14/c1-26(2)11-10-20-52(8)21-19-32-43(70-52)31(17-12-27(3)4)45-36(44(32)69-48(65)29-13-15-30(16-14-29)67-49-42(62)41(61)40(60)34(24-59)68-49)38-37-39(58-50(57-38)55-25-56-58)33-23-35-51(6,7)72-53(46(33)63,54(35,37)71-45)22-18-28(5)47(64)66-9/h11-16,18-19,21,25,33-35,37-42,49,59-62H,10,17,20,22-24H2,1-9H3,(H,55,56,57)/b28-18-/t33?,34-,35?,37?,38?,39?,40-,41+,42-,49-,52?,53?,54?/m0/s1. The molecule has 3 aromatic rings. The molecule has 6 heterocycles. The molecule has 4 bridgehead atoms. The van der Waals surface area contributed by atoms with Crippen molar-refractivity contribution in [1.82, 2.24) is 14.8 Å². The third kappa shape index (κ3) is 7.62. The fourth-order valence-electron chi connectivity index (χ4n) is 12.6. The summed E-state index contributed by atoms with van der Waals surface area (Å²) in [5.41, 5.74) is -0.237. The van der Waals surface area contributed by atoms with Gasteiger partial charge < -0.3 is 58.9 Å². The van der Waals surface area contributed by atoms with Gasteiger partial charge in [-0.15, -0.1) is 0 Å². The number of aliphatic hydroxyl groups excluding tert-OH is 4. The molecule has 5 N–H and O–H groups in total. The number of nitrogens with one attached hydrogen (secondary N) is 1. The van der Waals surface area contributed by atoms with E-state index in [2.05, 4.69) is 36.3 Å². The van der Waals surface area contributed by atoms with E-state index in [1.54, 1.807) is 17.7 Å². The van der Waals surface area contributed by atoms with Gasteiger partial charge in [0, 0.05) is 29.4 Å². The van der Waals surface area contributed by atoms with Gasteiger partial charge in [-0.05, 0) is 117 Å². The maximum atomic E-state index is 15.6. The number of anilines is 1. The third-order valence-electron chi connectivity index (χ3n) is 16.0. The number of allylic oxidation sites excluding steroid dienone is 4. The van der Waals surface area contributed by atoms with E-state index in [0.29, 0.717) is 59.0 Å². The molecule has 18 heteroatoms. The van der Waals surface area contributed by atoms with E-state index in [9.17, 15) is 30.0 Å². The second kappa shape index (κ2) is 17.9. The maximum Gasteiger partial charge on any atom is 0.343 e. The van der Waals surface area contributed by atoms with Gasteiger partial charge in [-0.1, -0.05) is 29.4 Å². The Hall–Kier alpha value is -5.89. The molecule has 2 aromatic carbocycles. The Balaban J connectivity index is 1.15. The van der Waals surface area contributed by atoms with E-state index < -0.39 is 95.6 Å². The first-order chi connectivity index (χ1) is 34.2. The van der Waals surface area contributed by atoms with Crippen LogP contribution in [0.15, 0.2) is 71.6 Å². The number of Topliss-reactive ketones (excluding diaryl/α,β-unsaturated/α-hetero) is 1. The Bertz CT molecular complexity index is 2820. The summed E-state index contributed by atoms with van der Waals surface area (Å²) in [7, 11) is 1.32. The normalized spacial score (nSPS) is 34.0. The zero-order valence-corrected chi connectivity index (χ0v) is 42.0. The summed E-state index contributed by atoms with van der Waals surface area (Å²) < 4.78 is 47.3. The molecule has 2 saturated heterocycles. The average Bonchev–Trinajstić information content (AvgIpc) is 3.87. The number of ketones is 1. The minimum absolute atomic E-state index is 0.0204. The molecule has 0 radical (unpaired) electrons. The number of hydrogen-bond donors (Lipinski definition) is 5. The zero-order chi connectivity index (χ0) is 51.4. The van der Waals surface area contributed by atoms with Crippen molar-refractivity contribution < 1.29 is 68.0 Å². The highest BCUT2D eigenvalue weighted by atomic mass is 16.7. The van der Waals surface area contributed by atoms with E-state index in [1.165, 1.54) is 43.3 Å². The lowest BCUT2D eigenvalue weighted by Crippen LogP contribution is -2.79. The number of carbonyl (C=O) groups is 3. The fraction of sp³-hybridized carbons (Fsp3) is 0.537. The molecule has 11 rings (SSSR count). The van der Waals surface area contributed by atoms with Gasteiger partial charge in [0.25, 0.3) is 0 Å². The zero-order valence-electron chi connectivity index (χ0n) is 42.0. The number of esters is 2. The second-order valence-electron chi connectivity index (χ2n) is 21.5. The molecule has 8 aliphatic rings. The van der Waals surface area contributed by atoms with Crippen molar-refractivity contribution in [2.24, 2.45) is 17.8 Å². The summed E-state index contributed by atoms with van der Waals surface area (Å²) in [6, 6.07) is 4.66. The first kappa shape index (κ1) is 49.7. The van der Waals surface area contributed by atoms with Crippen molar-refractivity contribution in [3.63, 3.8) is 0 Å². The third-order valence-corrected chi connectivity index (χ3v) is 16.0. The number of fused-ring (bicyclic) bond motifs is 4. The summed E-state index contributed by atoms with van der Waals surface area (Å²) in [6.45, 7) is 15.2. The van der Waals surface area contributed by atoms with Gasteiger partial charge >= 0.3 is 11.9 Å². The van der Waals surface area contributed by atoms with Crippen LogP contribution in [-0.4, -0.2) is 120 Å². The summed E-state index contributed by atoms with van der Waals surface area (Å²) in [6.07, 6.45) is 6.08. The van der Waals surface area contributed by atoms with Crippen LogP contribution in [0.25, 0.3) is 6.08 Å². The molecule has 13 atom stereocenters. The molecule has 384 valence electrons. The number of carbonyl (C=O) groups excluding carboxylic acids is 3. The average molecular weight is 993 g/mol. The SMILES string of the molecule is COC(=O)/C(C)=C\CC12OC(C)(C)C3CC(C1=O)C1C4C(Nc5ncnn51)c1c(OC(=O)c5ccc(O[C@H]6O[C@@H](CO)[C@H](O)[C@@H](O)[C@@H]6O)cc5)c5c(c(CC=C(C)C)c1OC432)OC(C)(CCC=C(C)C)C=C5. The Labute approximate surface area is 417 Å². The van der Waals surface area contributed by atoms with E-state index in [-0.39, 0.29) is 35.2 Å². The van der Waals surface area contributed by atoms with Crippen molar-refractivity contribution in [3.8, 4) is 23.0 Å². The van der Waals surface area contributed by atoms with Gasteiger partial charge in [-0.2, -0.15) is 10.1 Å². The molecule has 1 aromatic heterocycles. The van der Waals surface area contributed by atoms with Gasteiger partial charge in [-0.3, -0.25) is 4.79 Å². The lowest BCUT2D eigenvalue weighted by atomic mass is 9.44. The van der Waals surface area contributed by atoms with Crippen molar-refractivity contribution in [3.05, 3.63) is 93.9 Å². The predicted octanol–water partition coefficient (Wildman–Crippen LogP) is 5.83. The van der Waals surface area contributed by atoms with Crippen LogP contribution in [0.5, 0.6) is 23.0 Å². The summed E-state index contributed by atoms with van der Waals surface area (Å²) >= 11 is 0. The lowest BCUT2D eigenvalue weighted by Gasteiger charge is -2.66. The largest absolute Gasteiger partial charge is 0.482 e. The minimum atomic E-state index is -1.64. The van der Waals surface area contributed by atoms with Gasteiger partial charge in [0.1, 0.15) is 53.6 Å².